The Balaban J connectivity index is 0. The molecule has 0 bridgehead atoms. The lowest BCUT2D eigenvalue weighted by atomic mass is 10.2. The first-order chi connectivity index (χ1) is 6.16. The lowest BCUT2D eigenvalue weighted by Gasteiger charge is -2.02. The first kappa shape index (κ1) is 14.7. The maximum absolute atomic E-state index is 11.0. The van der Waals surface area contributed by atoms with E-state index >= 15 is 0 Å². The van der Waals surface area contributed by atoms with Gasteiger partial charge in [0.1, 0.15) is 0 Å². The fourth-order valence-electron chi connectivity index (χ4n) is 0.675. The Bertz CT molecular complexity index is 141. The van der Waals surface area contributed by atoms with E-state index in [0.717, 1.165) is 18.4 Å². The number of carbonyl (C=O) groups is 1. The summed E-state index contributed by atoms with van der Waals surface area (Å²) >= 11 is 0. The third-order valence-corrected chi connectivity index (χ3v) is 1.34. The maximum Gasteiger partial charge on any atom is 0.220 e. The lowest BCUT2D eigenvalue weighted by Crippen LogP contribution is -2.24. The van der Waals surface area contributed by atoms with E-state index in [4.69, 9.17) is 0 Å². The third-order valence-electron chi connectivity index (χ3n) is 1.34. The average molecular weight is 185 g/mol. The number of amides is 1. The molecule has 0 radical (unpaired) electrons. The third kappa shape index (κ3) is 14.1. The minimum Gasteiger partial charge on any atom is -0.352 e. The van der Waals surface area contributed by atoms with Gasteiger partial charge in [-0.3, -0.25) is 4.79 Å². The normalized spacial score (nSPS) is 8.31. The van der Waals surface area contributed by atoms with Crippen molar-refractivity contribution in [3.8, 4) is 0 Å². The van der Waals surface area contributed by atoms with Crippen LogP contribution in [0.1, 0.15) is 47.0 Å². The van der Waals surface area contributed by atoms with E-state index < -0.39 is 0 Å². The molecular formula is C11H23NO. The van der Waals surface area contributed by atoms with Gasteiger partial charge in [0.15, 0.2) is 0 Å². The number of carbonyl (C=O) groups excluding carboxylic acids is 1. The van der Waals surface area contributed by atoms with Crippen LogP contribution in [0.15, 0.2) is 12.2 Å². The van der Waals surface area contributed by atoms with Crippen molar-refractivity contribution in [1.82, 2.24) is 5.32 Å². The Labute approximate surface area is 82.4 Å². The van der Waals surface area contributed by atoms with Crippen LogP contribution in [0.25, 0.3) is 0 Å². The Morgan fingerprint density at radius 3 is 2.31 bits per heavy atom. The van der Waals surface area contributed by atoms with Crippen LogP contribution in [-0.2, 0) is 4.79 Å². The first-order valence-electron chi connectivity index (χ1n) is 5.08. The van der Waals surface area contributed by atoms with Gasteiger partial charge in [0.05, 0.1) is 0 Å². The predicted molar refractivity (Wildman–Crippen MR) is 58.7 cm³/mol. The molecule has 0 saturated carbocycles. The molecule has 0 heterocycles. The van der Waals surface area contributed by atoms with E-state index in [9.17, 15) is 4.79 Å². The topological polar surface area (TPSA) is 29.1 Å². The molecule has 0 unspecified atom stereocenters. The minimum absolute atomic E-state index is 0.134. The van der Waals surface area contributed by atoms with Crippen molar-refractivity contribution in [1.29, 1.82) is 0 Å². The van der Waals surface area contributed by atoms with Crippen LogP contribution in [-0.4, -0.2) is 12.5 Å². The Morgan fingerprint density at radius 2 is 1.92 bits per heavy atom. The molecule has 0 rings (SSSR count). The lowest BCUT2D eigenvalue weighted by molar-refractivity contribution is -0.121. The van der Waals surface area contributed by atoms with E-state index in [1.54, 1.807) is 0 Å². The summed E-state index contributed by atoms with van der Waals surface area (Å²) in [6.45, 7) is 12.3. The average Bonchev–Trinajstić information content (AvgIpc) is 2.14. The molecule has 2 nitrogen and oxygen atoms in total. The zero-order chi connectivity index (χ0) is 10.7. The van der Waals surface area contributed by atoms with E-state index in [1.807, 2.05) is 20.8 Å². The Kier molecular flexibility index (Phi) is 12.7. The highest BCUT2D eigenvalue weighted by Gasteiger charge is 1.97. The minimum atomic E-state index is 0.134. The summed E-state index contributed by atoms with van der Waals surface area (Å²) in [6.07, 6.45) is 2.69. The standard InChI is InChI=1S/C9H17NO.C2H6/c1-4-5-6-9(11)10-7-8(2)3;1-2/h2,4-7H2,1,3H3,(H,10,11);1-2H3. The molecule has 1 amide bonds. The zero-order valence-electron chi connectivity index (χ0n) is 9.44. The predicted octanol–water partition coefficient (Wildman–Crippen LogP) is 2.90. The quantitative estimate of drug-likeness (QED) is 0.656. The van der Waals surface area contributed by atoms with Gasteiger partial charge < -0.3 is 5.32 Å². The molecule has 0 spiro atoms. The van der Waals surface area contributed by atoms with Crippen molar-refractivity contribution in [3.05, 3.63) is 12.2 Å². The van der Waals surface area contributed by atoms with Crippen molar-refractivity contribution in [2.45, 2.75) is 47.0 Å². The van der Waals surface area contributed by atoms with Crippen LogP contribution in [0.2, 0.25) is 0 Å². The number of hydrogen-bond donors (Lipinski definition) is 1. The molecule has 2 heteroatoms. The molecule has 78 valence electrons. The summed E-state index contributed by atoms with van der Waals surface area (Å²) in [7, 11) is 0. The molecule has 1 N–H and O–H groups in total. The van der Waals surface area contributed by atoms with Gasteiger partial charge in [0, 0.05) is 13.0 Å². The van der Waals surface area contributed by atoms with Gasteiger partial charge in [-0.05, 0) is 13.3 Å². The van der Waals surface area contributed by atoms with E-state index in [0.29, 0.717) is 13.0 Å². The molecule has 0 aromatic carbocycles. The van der Waals surface area contributed by atoms with Gasteiger partial charge in [0.2, 0.25) is 5.91 Å². The smallest absolute Gasteiger partial charge is 0.220 e. The molecule has 0 fully saturated rings. The second kappa shape index (κ2) is 11.2. The van der Waals surface area contributed by atoms with Gasteiger partial charge in [-0.2, -0.15) is 0 Å². The highest BCUT2D eigenvalue weighted by atomic mass is 16.1. The summed E-state index contributed by atoms with van der Waals surface area (Å²) in [5.74, 6) is 0.134. The number of nitrogens with one attached hydrogen (secondary N) is 1. The SMILES string of the molecule is C=C(C)CNC(=O)CCCC.CC. The van der Waals surface area contributed by atoms with Crippen LogP contribution in [0.5, 0.6) is 0 Å². The van der Waals surface area contributed by atoms with E-state index in [2.05, 4.69) is 18.8 Å². The van der Waals surface area contributed by atoms with Crippen molar-refractivity contribution < 1.29 is 4.79 Å². The molecule has 13 heavy (non-hydrogen) atoms. The van der Waals surface area contributed by atoms with Gasteiger partial charge in [0.25, 0.3) is 0 Å². The largest absolute Gasteiger partial charge is 0.352 e. The highest BCUT2D eigenvalue weighted by Crippen LogP contribution is 1.93. The summed E-state index contributed by atoms with van der Waals surface area (Å²) in [4.78, 5) is 11.0. The van der Waals surface area contributed by atoms with Gasteiger partial charge >= 0.3 is 0 Å². The molecule has 0 saturated heterocycles. The first-order valence-corrected chi connectivity index (χ1v) is 5.08. The molecule has 0 aliphatic carbocycles. The summed E-state index contributed by atoms with van der Waals surface area (Å²) in [5, 5.41) is 2.78. The Hall–Kier alpha value is -0.790. The second-order valence-electron chi connectivity index (χ2n) is 2.84. The van der Waals surface area contributed by atoms with Crippen LogP contribution in [0.4, 0.5) is 0 Å². The fraction of sp³-hybridized carbons (Fsp3) is 0.727. The summed E-state index contributed by atoms with van der Waals surface area (Å²) < 4.78 is 0. The van der Waals surface area contributed by atoms with Gasteiger partial charge in [-0.1, -0.05) is 39.3 Å². The van der Waals surface area contributed by atoms with Crippen LogP contribution in [0, 0.1) is 0 Å². The van der Waals surface area contributed by atoms with E-state index in [1.165, 1.54) is 0 Å². The van der Waals surface area contributed by atoms with Crippen LogP contribution < -0.4 is 5.32 Å². The molecule has 0 aromatic rings. The van der Waals surface area contributed by atoms with Crippen molar-refractivity contribution in [2.75, 3.05) is 6.54 Å². The van der Waals surface area contributed by atoms with E-state index in [-0.39, 0.29) is 5.91 Å². The molecule has 0 aliphatic heterocycles. The number of hydrogen-bond acceptors (Lipinski definition) is 1. The van der Waals surface area contributed by atoms with Crippen LogP contribution in [0.3, 0.4) is 0 Å². The van der Waals surface area contributed by atoms with Crippen molar-refractivity contribution in [2.24, 2.45) is 0 Å². The monoisotopic (exact) mass is 185 g/mol. The Morgan fingerprint density at radius 1 is 1.38 bits per heavy atom. The van der Waals surface area contributed by atoms with Gasteiger partial charge in [-0.25, -0.2) is 0 Å². The summed E-state index contributed by atoms with van der Waals surface area (Å²) in [6, 6.07) is 0. The molecular weight excluding hydrogens is 162 g/mol. The van der Waals surface area contributed by atoms with Gasteiger partial charge in [-0.15, -0.1) is 0 Å². The molecule has 0 aliphatic rings. The number of rotatable bonds is 5. The second-order valence-corrected chi connectivity index (χ2v) is 2.84. The number of unbranched alkanes of at least 4 members (excludes halogenated alkanes) is 1. The maximum atomic E-state index is 11.0. The summed E-state index contributed by atoms with van der Waals surface area (Å²) in [5.41, 5.74) is 0.995. The van der Waals surface area contributed by atoms with Crippen molar-refractivity contribution >= 4 is 5.91 Å². The zero-order valence-corrected chi connectivity index (χ0v) is 9.44. The molecule has 0 aromatic heterocycles. The highest BCUT2D eigenvalue weighted by molar-refractivity contribution is 5.76. The fourth-order valence-corrected chi connectivity index (χ4v) is 0.675. The van der Waals surface area contributed by atoms with Crippen LogP contribution >= 0.6 is 0 Å². The van der Waals surface area contributed by atoms with Crippen molar-refractivity contribution in [3.63, 3.8) is 0 Å². The molecule has 0 atom stereocenters.